The Kier molecular flexibility index (Phi) is 3.37. The molecule has 118 valence electrons. The lowest BCUT2D eigenvalue weighted by Gasteiger charge is -2.24. The monoisotopic (exact) mass is 311 g/mol. The highest BCUT2D eigenvalue weighted by Gasteiger charge is 2.32. The second-order valence-corrected chi connectivity index (χ2v) is 5.81. The summed E-state index contributed by atoms with van der Waals surface area (Å²) < 4.78 is 10.7. The standard InChI is InChI=1S/C17H17N3O3/c1-11-8-18-9-13(19-11)14-3-2-6-20(14)17(21)12-4-5-15-16(7-12)23-10-22-15/h4-5,7-9,14H,2-3,6,10H2,1H3/t14-/m0/s1. The highest BCUT2D eigenvalue weighted by molar-refractivity contribution is 5.95. The van der Waals surface area contributed by atoms with E-state index >= 15 is 0 Å². The molecule has 4 rings (SSSR count). The summed E-state index contributed by atoms with van der Waals surface area (Å²) in [5.74, 6) is 1.31. The summed E-state index contributed by atoms with van der Waals surface area (Å²) in [6.07, 6.45) is 5.36. The van der Waals surface area contributed by atoms with Crippen molar-refractivity contribution in [2.75, 3.05) is 13.3 Å². The molecule has 2 aliphatic rings. The number of carbonyl (C=O) groups excluding carboxylic acids is 1. The number of nitrogens with zero attached hydrogens (tertiary/aromatic N) is 3. The first-order valence-electron chi connectivity index (χ1n) is 7.71. The first-order valence-corrected chi connectivity index (χ1v) is 7.71. The largest absolute Gasteiger partial charge is 0.454 e. The molecule has 2 aliphatic heterocycles. The Morgan fingerprint density at radius 1 is 1.26 bits per heavy atom. The van der Waals surface area contributed by atoms with Gasteiger partial charge in [-0.1, -0.05) is 0 Å². The molecule has 0 unspecified atom stereocenters. The Balaban J connectivity index is 1.62. The minimum atomic E-state index is -0.0136. The van der Waals surface area contributed by atoms with Gasteiger partial charge in [-0.25, -0.2) is 0 Å². The molecule has 0 saturated carbocycles. The van der Waals surface area contributed by atoms with Gasteiger partial charge in [0, 0.05) is 18.3 Å². The molecule has 0 aliphatic carbocycles. The van der Waals surface area contributed by atoms with Crippen LogP contribution in [-0.2, 0) is 0 Å². The van der Waals surface area contributed by atoms with Gasteiger partial charge in [-0.2, -0.15) is 0 Å². The minimum absolute atomic E-state index is 0.00546. The number of fused-ring (bicyclic) bond motifs is 1. The number of hydrogen-bond donors (Lipinski definition) is 0. The van der Waals surface area contributed by atoms with Crippen molar-refractivity contribution in [1.82, 2.24) is 14.9 Å². The maximum Gasteiger partial charge on any atom is 0.254 e. The lowest BCUT2D eigenvalue weighted by atomic mass is 10.1. The van der Waals surface area contributed by atoms with Crippen LogP contribution in [0.15, 0.2) is 30.6 Å². The van der Waals surface area contributed by atoms with Crippen molar-refractivity contribution < 1.29 is 14.3 Å². The molecule has 6 nitrogen and oxygen atoms in total. The summed E-state index contributed by atoms with van der Waals surface area (Å²) in [5, 5.41) is 0. The Hall–Kier alpha value is -2.63. The summed E-state index contributed by atoms with van der Waals surface area (Å²) in [6.45, 7) is 2.85. The first-order chi connectivity index (χ1) is 11.2. The lowest BCUT2D eigenvalue weighted by Crippen LogP contribution is -2.31. The summed E-state index contributed by atoms with van der Waals surface area (Å²) in [4.78, 5) is 23.5. The van der Waals surface area contributed by atoms with Crippen LogP contribution in [0.5, 0.6) is 11.5 Å². The van der Waals surface area contributed by atoms with Crippen molar-refractivity contribution in [2.24, 2.45) is 0 Å². The van der Waals surface area contributed by atoms with Crippen LogP contribution >= 0.6 is 0 Å². The number of benzene rings is 1. The molecule has 1 atom stereocenters. The average Bonchev–Trinajstić information content (AvgIpc) is 3.22. The molecule has 23 heavy (non-hydrogen) atoms. The third-order valence-corrected chi connectivity index (χ3v) is 4.25. The second kappa shape index (κ2) is 5.53. The zero-order chi connectivity index (χ0) is 15.8. The zero-order valence-corrected chi connectivity index (χ0v) is 12.9. The Morgan fingerprint density at radius 2 is 2.13 bits per heavy atom. The summed E-state index contributed by atoms with van der Waals surface area (Å²) in [7, 11) is 0. The van der Waals surface area contributed by atoms with Gasteiger partial charge >= 0.3 is 0 Å². The number of amides is 1. The summed E-state index contributed by atoms with van der Waals surface area (Å²) in [6, 6.07) is 5.31. The fourth-order valence-corrected chi connectivity index (χ4v) is 3.16. The quantitative estimate of drug-likeness (QED) is 0.852. The van der Waals surface area contributed by atoms with E-state index < -0.39 is 0 Å². The number of carbonyl (C=O) groups is 1. The van der Waals surface area contributed by atoms with Gasteiger partial charge in [0.15, 0.2) is 11.5 Å². The Morgan fingerprint density at radius 3 is 3.00 bits per heavy atom. The van der Waals surface area contributed by atoms with E-state index in [1.165, 1.54) is 0 Å². The predicted molar refractivity (Wildman–Crippen MR) is 82.3 cm³/mol. The van der Waals surface area contributed by atoms with Crippen molar-refractivity contribution >= 4 is 5.91 Å². The van der Waals surface area contributed by atoms with E-state index in [4.69, 9.17) is 9.47 Å². The van der Waals surface area contributed by atoms with Gasteiger partial charge in [0.1, 0.15) is 0 Å². The number of ether oxygens (including phenoxy) is 2. The fourth-order valence-electron chi connectivity index (χ4n) is 3.16. The average molecular weight is 311 g/mol. The predicted octanol–water partition coefficient (Wildman–Crippen LogP) is 2.49. The van der Waals surface area contributed by atoms with Gasteiger partial charge in [0.25, 0.3) is 5.91 Å². The van der Waals surface area contributed by atoms with Gasteiger partial charge in [-0.3, -0.25) is 14.8 Å². The van der Waals surface area contributed by atoms with Gasteiger partial charge in [0.05, 0.1) is 23.6 Å². The van der Waals surface area contributed by atoms with E-state index in [-0.39, 0.29) is 18.7 Å². The van der Waals surface area contributed by atoms with E-state index in [1.807, 2.05) is 11.8 Å². The van der Waals surface area contributed by atoms with Crippen LogP contribution in [0.4, 0.5) is 0 Å². The van der Waals surface area contributed by atoms with E-state index in [0.717, 1.165) is 30.8 Å². The van der Waals surface area contributed by atoms with Crippen LogP contribution in [0.3, 0.4) is 0 Å². The molecule has 1 aromatic carbocycles. The molecule has 0 bridgehead atoms. The van der Waals surface area contributed by atoms with Crippen LogP contribution in [0, 0.1) is 6.92 Å². The molecule has 0 radical (unpaired) electrons. The molecular weight excluding hydrogens is 294 g/mol. The second-order valence-electron chi connectivity index (χ2n) is 5.81. The van der Waals surface area contributed by atoms with E-state index in [1.54, 1.807) is 30.6 Å². The van der Waals surface area contributed by atoms with Crippen LogP contribution in [-0.4, -0.2) is 34.1 Å². The van der Waals surface area contributed by atoms with Crippen molar-refractivity contribution in [3.8, 4) is 11.5 Å². The van der Waals surface area contributed by atoms with Crippen LogP contribution < -0.4 is 9.47 Å². The molecule has 0 spiro atoms. The summed E-state index contributed by atoms with van der Waals surface area (Å²) in [5.41, 5.74) is 2.34. The molecule has 1 saturated heterocycles. The topological polar surface area (TPSA) is 64.6 Å². The Labute approximate surface area is 134 Å². The van der Waals surface area contributed by atoms with E-state index in [0.29, 0.717) is 17.1 Å². The molecular formula is C17H17N3O3. The number of likely N-dealkylation sites (tertiary alicyclic amines) is 1. The highest BCUT2D eigenvalue weighted by Crippen LogP contribution is 2.35. The van der Waals surface area contributed by atoms with Gasteiger partial charge in [-0.05, 0) is 38.0 Å². The SMILES string of the molecule is Cc1cncc([C@@H]2CCCN2C(=O)c2ccc3c(c2)OCO3)n1. The first kappa shape index (κ1) is 14.0. The minimum Gasteiger partial charge on any atom is -0.454 e. The van der Waals surface area contributed by atoms with Gasteiger partial charge < -0.3 is 14.4 Å². The van der Waals surface area contributed by atoms with Crippen molar-refractivity contribution in [3.05, 3.63) is 47.5 Å². The maximum absolute atomic E-state index is 12.9. The molecule has 1 fully saturated rings. The molecule has 0 N–H and O–H groups in total. The van der Waals surface area contributed by atoms with Gasteiger partial charge in [0.2, 0.25) is 6.79 Å². The van der Waals surface area contributed by atoms with E-state index in [2.05, 4.69) is 9.97 Å². The normalized spacial score (nSPS) is 19.2. The lowest BCUT2D eigenvalue weighted by molar-refractivity contribution is 0.0732. The number of aryl methyl sites for hydroxylation is 1. The van der Waals surface area contributed by atoms with Crippen molar-refractivity contribution in [3.63, 3.8) is 0 Å². The van der Waals surface area contributed by atoms with Crippen LogP contribution in [0.25, 0.3) is 0 Å². The van der Waals surface area contributed by atoms with Gasteiger partial charge in [-0.15, -0.1) is 0 Å². The van der Waals surface area contributed by atoms with Crippen molar-refractivity contribution in [1.29, 1.82) is 0 Å². The third-order valence-electron chi connectivity index (χ3n) is 4.25. The fraction of sp³-hybridized carbons (Fsp3) is 0.353. The number of hydrogen-bond acceptors (Lipinski definition) is 5. The molecule has 6 heteroatoms. The Bertz CT molecular complexity index is 762. The third kappa shape index (κ3) is 2.50. The van der Waals surface area contributed by atoms with Crippen LogP contribution in [0.2, 0.25) is 0 Å². The number of rotatable bonds is 2. The van der Waals surface area contributed by atoms with Crippen molar-refractivity contribution in [2.45, 2.75) is 25.8 Å². The molecule has 1 amide bonds. The molecule has 1 aromatic heterocycles. The number of aromatic nitrogens is 2. The molecule has 2 aromatic rings. The maximum atomic E-state index is 12.9. The smallest absolute Gasteiger partial charge is 0.254 e. The van der Waals surface area contributed by atoms with E-state index in [9.17, 15) is 4.79 Å². The summed E-state index contributed by atoms with van der Waals surface area (Å²) >= 11 is 0. The molecule has 3 heterocycles. The highest BCUT2D eigenvalue weighted by atomic mass is 16.7. The zero-order valence-electron chi connectivity index (χ0n) is 12.9. The van der Waals surface area contributed by atoms with Crippen LogP contribution in [0.1, 0.15) is 40.6 Å².